The Hall–Kier alpha value is -2.57. The topological polar surface area (TPSA) is 49.4 Å². The molecule has 0 spiro atoms. The molecule has 0 aliphatic carbocycles. The second-order valence-corrected chi connectivity index (χ2v) is 10.6. The molecule has 1 atom stereocenters. The van der Waals surface area contributed by atoms with Gasteiger partial charge >= 0.3 is 0 Å². The van der Waals surface area contributed by atoms with Crippen molar-refractivity contribution in [3.05, 3.63) is 101 Å². The number of carbonyl (C=O) groups is 2. The second kappa shape index (κ2) is 13.4. The summed E-state index contributed by atoms with van der Waals surface area (Å²) in [6.45, 7) is 5.06. The highest BCUT2D eigenvalue weighted by molar-refractivity contribution is 9.10. The molecular formula is C28H31BrN2O2S. The van der Waals surface area contributed by atoms with E-state index >= 15 is 0 Å². The van der Waals surface area contributed by atoms with Gasteiger partial charge in [-0.2, -0.15) is 0 Å². The molecule has 1 N–H and O–H groups in total. The van der Waals surface area contributed by atoms with E-state index in [-0.39, 0.29) is 17.6 Å². The van der Waals surface area contributed by atoms with Crippen molar-refractivity contribution in [1.29, 1.82) is 0 Å². The average Bonchev–Trinajstić information content (AvgIpc) is 2.84. The number of thioether (sulfide) groups is 1. The van der Waals surface area contributed by atoms with Crippen molar-refractivity contribution in [1.82, 2.24) is 10.2 Å². The summed E-state index contributed by atoms with van der Waals surface area (Å²) in [4.78, 5) is 29.8. The Morgan fingerprint density at radius 2 is 1.56 bits per heavy atom. The number of nitrogens with one attached hydrogen (secondary N) is 1. The Bertz CT molecular complexity index is 1060. The number of carbonyl (C=O) groups excluding carboxylic acids is 2. The summed E-state index contributed by atoms with van der Waals surface area (Å²) in [5.74, 6) is 0.407. The number of hydrogen-bond donors (Lipinski definition) is 1. The lowest BCUT2D eigenvalue weighted by atomic mass is 10.0. The first-order valence-corrected chi connectivity index (χ1v) is 13.2. The van der Waals surface area contributed by atoms with Crippen LogP contribution >= 0.6 is 27.7 Å². The molecular weight excluding hydrogens is 508 g/mol. The minimum atomic E-state index is -0.607. The third-order valence-corrected chi connectivity index (χ3v) is 6.79. The highest BCUT2D eigenvalue weighted by Crippen LogP contribution is 2.22. The fraction of sp³-hybridized carbons (Fsp3) is 0.286. The molecule has 0 fully saturated rings. The van der Waals surface area contributed by atoms with Crippen LogP contribution in [0.25, 0.3) is 0 Å². The van der Waals surface area contributed by atoms with Crippen LogP contribution in [0.15, 0.2) is 94.3 Å². The number of rotatable bonds is 11. The van der Waals surface area contributed by atoms with Crippen molar-refractivity contribution in [3.63, 3.8) is 0 Å². The van der Waals surface area contributed by atoms with E-state index in [0.717, 1.165) is 20.5 Å². The molecule has 0 saturated carbocycles. The molecule has 0 aliphatic rings. The van der Waals surface area contributed by atoms with E-state index in [9.17, 15) is 9.59 Å². The molecule has 0 aromatic heterocycles. The molecule has 34 heavy (non-hydrogen) atoms. The lowest BCUT2D eigenvalue weighted by molar-refractivity contribution is -0.139. The molecule has 6 heteroatoms. The summed E-state index contributed by atoms with van der Waals surface area (Å²) >= 11 is 5.02. The summed E-state index contributed by atoms with van der Waals surface area (Å²) in [6.07, 6.45) is 0.459. The molecule has 0 aliphatic heterocycles. The number of hydrogen-bond acceptors (Lipinski definition) is 3. The van der Waals surface area contributed by atoms with Gasteiger partial charge in [-0.25, -0.2) is 0 Å². The van der Waals surface area contributed by atoms with Gasteiger partial charge in [-0.15, -0.1) is 11.8 Å². The van der Waals surface area contributed by atoms with Crippen LogP contribution in [0.1, 0.15) is 25.0 Å². The maximum Gasteiger partial charge on any atom is 0.243 e. The third kappa shape index (κ3) is 8.33. The fourth-order valence-electron chi connectivity index (χ4n) is 3.55. The summed E-state index contributed by atoms with van der Waals surface area (Å²) in [5.41, 5.74) is 2.00. The monoisotopic (exact) mass is 538 g/mol. The maximum absolute atomic E-state index is 13.6. The number of halogens is 1. The van der Waals surface area contributed by atoms with Crippen molar-refractivity contribution in [2.24, 2.45) is 5.92 Å². The van der Waals surface area contributed by atoms with E-state index in [0.29, 0.717) is 25.4 Å². The van der Waals surface area contributed by atoms with Crippen molar-refractivity contribution in [3.8, 4) is 0 Å². The summed E-state index contributed by atoms with van der Waals surface area (Å²) in [7, 11) is 0. The Morgan fingerprint density at radius 1 is 0.912 bits per heavy atom. The van der Waals surface area contributed by atoms with E-state index in [1.54, 1.807) is 4.90 Å². The lowest BCUT2D eigenvalue weighted by Crippen LogP contribution is -2.51. The van der Waals surface area contributed by atoms with Gasteiger partial charge in [0, 0.05) is 28.9 Å². The molecule has 3 rings (SSSR count). The zero-order valence-electron chi connectivity index (χ0n) is 19.6. The van der Waals surface area contributed by atoms with E-state index in [1.807, 2.05) is 84.9 Å². The number of benzene rings is 3. The minimum Gasteiger partial charge on any atom is -0.354 e. The van der Waals surface area contributed by atoms with Crippen LogP contribution in [0.5, 0.6) is 0 Å². The number of nitrogens with zero attached hydrogens (tertiary/aromatic N) is 1. The molecule has 0 heterocycles. The van der Waals surface area contributed by atoms with E-state index < -0.39 is 6.04 Å². The number of amides is 2. The van der Waals surface area contributed by atoms with Gasteiger partial charge in [0.05, 0.1) is 5.75 Å². The summed E-state index contributed by atoms with van der Waals surface area (Å²) in [6, 6.07) is 27.0. The Kier molecular flexibility index (Phi) is 10.2. The smallest absolute Gasteiger partial charge is 0.243 e. The predicted molar refractivity (Wildman–Crippen MR) is 144 cm³/mol. The van der Waals surface area contributed by atoms with Crippen LogP contribution in [-0.2, 0) is 22.6 Å². The Morgan fingerprint density at radius 3 is 2.21 bits per heavy atom. The largest absolute Gasteiger partial charge is 0.354 e. The predicted octanol–water partition coefficient (Wildman–Crippen LogP) is 5.95. The van der Waals surface area contributed by atoms with E-state index in [1.165, 1.54) is 11.8 Å². The lowest BCUT2D eigenvalue weighted by Gasteiger charge is -2.32. The van der Waals surface area contributed by atoms with Gasteiger partial charge in [-0.3, -0.25) is 9.59 Å². The molecule has 0 radical (unpaired) electrons. The van der Waals surface area contributed by atoms with Crippen LogP contribution in [0, 0.1) is 5.92 Å². The van der Waals surface area contributed by atoms with Crippen molar-refractivity contribution >= 4 is 39.5 Å². The third-order valence-electron chi connectivity index (χ3n) is 5.30. The van der Waals surface area contributed by atoms with Gasteiger partial charge < -0.3 is 10.2 Å². The van der Waals surface area contributed by atoms with Gasteiger partial charge in [0.1, 0.15) is 6.04 Å². The standard InChI is InChI=1S/C28H31BrN2O2S/c1-21(2)18-30-28(33)26(17-22-10-5-3-6-11-22)31(19-23-12-9-13-24(29)16-23)27(32)20-34-25-14-7-4-8-15-25/h3-16,21,26H,17-20H2,1-2H3,(H,30,33). The van der Waals surface area contributed by atoms with Crippen LogP contribution < -0.4 is 5.32 Å². The van der Waals surface area contributed by atoms with Gasteiger partial charge in [0.25, 0.3) is 0 Å². The van der Waals surface area contributed by atoms with Gasteiger partial charge in [0.15, 0.2) is 0 Å². The Balaban J connectivity index is 1.89. The minimum absolute atomic E-state index is 0.0607. The van der Waals surface area contributed by atoms with Gasteiger partial charge in [-0.05, 0) is 41.3 Å². The van der Waals surface area contributed by atoms with Gasteiger partial charge in [0.2, 0.25) is 11.8 Å². The highest BCUT2D eigenvalue weighted by Gasteiger charge is 2.30. The average molecular weight is 540 g/mol. The first-order chi connectivity index (χ1) is 16.4. The van der Waals surface area contributed by atoms with Crippen molar-refractivity contribution in [2.75, 3.05) is 12.3 Å². The van der Waals surface area contributed by atoms with Crippen molar-refractivity contribution in [2.45, 2.75) is 37.8 Å². The van der Waals surface area contributed by atoms with Crippen LogP contribution in [0.4, 0.5) is 0 Å². The summed E-state index contributed by atoms with van der Waals surface area (Å²) in [5, 5.41) is 3.06. The maximum atomic E-state index is 13.6. The summed E-state index contributed by atoms with van der Waals surface area (Å²) < 4.78 is 0.944. The van der Waals surface area contributed by atoms with E-state index in [4.69, 9.17) is 0 Å². The zero-order chi connectivity index (χ0) is 24.3. The fourth-order valence-corrected chi connectivity index (χ4v) is 4.81. The van der Waals surface area contributed by atoms with E-state index in [2.05, 4.69) is 35.1 Å². The second-order valence-electron chi connectivity index (χ2n) is 8.60. The first kappa shape index (κ1) is 26.0. The highest BCUT2D eigenvalue weighted by atomic mass is 79.9. The molecule has 2 amide bonds. The molecule has 0 saturated heterocycles. The zero-order valence-corrected chi connectivity index (χ0v) is 22.0. The molecule has 4 nitrogen and oxygen atoms in total. The molecule has 1 unspecified atom stereocenters. The normalized spacial score (nSPS) is 11.8. The van der Waals surface area contributed by atoms with Gasteiger partial charge in [-0.1, -0.05) is 90.4 Å². The first-order valence-electron chi connectivity index (χ1n) is 11.5. The van der Waals surface area contributed by atoms with Crippen LogP contribution in [-0.4, -0.2) is 35.1 Å². The van der Waals surface area contributed by atoms with Crippen molar-refractivity contribution < 1.29 is 9.59 Å². The molecule has 3 aromatic rings. The molecule has 178 valence electrons. The van der Waals surface area contributed by atoms with Crippen LogP contribution in [0.3, 0.4) is 0 Å². The van der Waals surface area contributed by atoms with Crippen LogP contribution in [0.2, 0.25) is 0 Å². The quantitative estimate of drug-likeness (QED) is 0.306. The Labute approximate surface area is 215 Å². The molecule has 3 aromatic carbocycles. The molecule has 0 bridgehead atoms. The SMILES string of the molecule is CC(C)CNC(=O)C(Cc1ccccc1)N(Cc1cccc(Br)c1)C(=O)CSc1ccccc1.